The van der Waals surface area contributed by atoms with Crippen LogP contribution in [0.4, 0.5) is 13.6 Å². The van der Waals surface area contributed by atoms with Gasteiger partial charge in [0.2, 0.25) is 5.91 Å². The van der Waals surface area contributed by atoms with Crippen LogP contribution in [0.3, 0.4) is 0 Å². The minimum atomic E-state index is -4.66. The average Bonchev–Trinajstić information content (AvgIpc) is 2.59. The zero-order valence-electron chi connectivity index (χ0n) is 11.2. The number of carboxylic acid groups (broad SMARTS) is 1. The molecule has 8 nitrogen and oxygen atoms in total. The Morgan fingerprint density at radius 1 is 1.52 bits per heavy atom. The van der Waals surface area contributed by atoms with Crippen LogP contribution in [0.5, 0.6) is 0 Å². The van der Waals surface area contributed by atoms with Gasteiger partial charge in [-0.25, -0.2) is 4.79 Å². The molecule has 2 rings (SSSR count). The van der Waals surface area contributed by atoms with Crippen LogP contribution in [0.25, 0.3) is 0 Å². The summed E-state index contributed by atoms with van der Waals surface area (Å²) in [6, 6.07) is -3.06. The van der Waals surface area contributed by atoms with Gasteiger partial charge >= 0.3 is 31.0 Å². The van der Waals surface area contributed by atoms with Crippen molar-refractivity contribution in [2.45, 2.75) is 25.1 Å². The molecule has 2 bridgehead atoms. The van der Waals surface area contributed by atoms with E-state index in [0.29, 0.717) is 5.57 Å². The fraction of sp³-hybridized carbons (Fsp3) is 0.500. The number of aliphatic carboxylic acids is 1. The summed E-state index contributed by atoms with van der Waals surface area (Å²) in [6.45, 7) is 1.39. The van der Waals surface area contributed by atoms with E-state index in [4.69, 9.17) is 5.73 Å². The maximum atomic E-state index is 13.0. The van der Waals surface area contributed by atoms with Gasteiger partial charge in [-0.05, 0) is 12.5 Å². The second-order valence-corrected chi connectivity index (χ2v) is 4.43. The van der Waals surface area contributed by atoms with Gasteiger partial charge in [0, 0.05) is 0 Å². The first-order valence-electron chi connectivity index (χ1n) is 5.51. The van der Waals surface area contributed by atoms with Gasteiger partial charge < -0.3 is 20.5 Å². The molecule has 2 aliphatic heterocycles. The Labute approximate surface area is 129 Å². The maximum absolute atomic E-state index is 13.0. The topological polar surface area (TPSA) is 116 Å². The number of nitrogens with zero attached hydrogens (tertiary/aromatic N) is 2. The molecule has 0 aliphatic carbocycles. The standard InChI is InChI=1S/C10H11F2N3O5.Li/c1-4-2-5(7(13)16)14-3-6(4)15(9(14)19)20-10(11,12)8(17)18;/h2,5-6H,3H2,1H3,(H2,13,16)(H,17,18);/q;+1/p-1/t5-,6-;/m0./s1. The van der Waals surface area contributed by atoms with Crippen molar-refractivity contribution in [2.24, 2.45) is 5.73 Å². The van der Waals surface area contributed by atoms with Gasteiger partial charge in [0.1, 0.15) is 18.1 Å². The molecule has 3 amide bonds. The Morgan fingerprint density at radius 3 is 2.57 bits per heavy atom. The zero-order chi connectivity index (χ0) is 15.2. The second kappa shape index (κ2) is 5.63. The smallest absolute Gasteiger partial charge is 0.542 e. The third-order valence-corrected chi connectivity index (χ3v) is 3.11. The average molecular weight is 297 g/mol. The number of hydrogen-bond acceptors (Lipinski definition) is 5. The van der Waals surface area contributed by atoms with Crippen molar-refractivity contribution in [3.8, 4) is 0 Å². The summed E-state index contributed by atoms with van der Waals surface area (Å²) in [4.78, 5) is 38.2. The van der Waals surface area contributed by atoms with Crippen LogP contribution in [-0.4, -0.2) is 52.6 Å². The molecule has 1 saturated heterocycles. The molecule has 0 aromatic rings. The Hall–Kier alpha value is -1.63. The summed E-state index contributed by atoms with van der Waals surface area (Å²) < 4.78 is 26.0. The molecule has 2 heterocycles. The molecule has 0 spiro atoms. The summed E-state index contributed by atoms with van der Waals surface area (Å²) in [6.07, 6.45) is -3.31. The number of fused-ring (bicyclic) bond motifs is 2. The molecular formula is C10H10F2LiN3O5. The Bertz CT molecular complexity index is 527. The first-order valence-corrected chi connectivity index (χ1v) is 5.51. The molecule has 110 valence electrons. The summed E-state index contributed by atoms with van der Waals surface area (Å²) in [5.74, 6) is -3.60. The van der Waals surface area contributed by atoms with Crippen LogP contribution in [0.2, 0.25) is 0 Å². The summed E-state index contributed by atoms with van der Waals surface area (Å²) >= 11 is 0. The minimum absolute atomic E-state index is 0. The number of nitrogens with two attached hydrogens (primary N) is 1. The van der Waals surface area contributed by atoms with Gasteiger partial charge in [-0.15, -0.1) is 0 Å². The molecule has 0 radical (unpaired) electrons. The fourth-order valence-corrected chi connectivity index (χ4v) is 2.11. The molecule has 0 aromatic carbocycles. The number of amides is 3. The predicted octanol–water partition coefficient (Wildman–Crippen LogP) is -4.82. The van der Waals surface area contributed by atoms with E-state index in [0.717, 1.165) is 4.90 Å². The van der Waals surface area contributed by atoms with Crippen LogP contribution in [0.15, 0.2) is 11.6 Å². The van der Waals surface area contributed by atoms with Crippen LogP contribution >= 0.6 is 0 Å². The van der Waals surface area contributed by atoms with E-state index in [-0.39, 0.29) is 30.5 Å². The number of rotatable bonds is 4. The van der Waals surface area contributed by atoms with Gasteiger partial charge in [0.25, 0.3) is 0 Å². The number of carbonyl (C=O) groups is 3. The molecular weight excluding hydrogens is 287 g/mol. The van der Waals surface area contributed by atoms with Crippen LogP contribution in [0.1, 0.15) is 6.92 Å². The number of alkyl halides is 2. The van der Waals surface area contributed by atoms with Gasteiger partial charge in [-0.3, -0.25) is 4.79 Å². The quantitative estimate of drug-likeness (QED) is 0.413. The number of hydroxylamine groups is 2. The van der Waals surface area contributed by atoms with E-state index in [1.54, 1.807) is 0 Å². The number of urea groups is 1. The normalized spacial score (nSPS) is 24.5. The largest absolute Gasteiger partial charge is 1.00 e. The molecule has 2 atom stereocenters. The molecule has 1 fully saturated rings. The molecule has 0 saturated carbocycles. The van der Waals surface area contributed by atoms with E-state index in [1.807, 2.05) is 0 Å². The zero-order valence-corrected chi connectivity index (χ0v) is 11.2. The van der Waals surface area contributed by atoms with Crippen molar-refractivity contribution in [1.82, 2.24) is 9.96 Å². The summed E-state index contributed by atoms with van der Waals surface area (Å²) in [5.41, 5.74) is 5.50. The third kappa shape index (κ3) is 2.88. The Kier molecular flexibility index (Phi) is 4.67. The fourth-order valence-electron chi connectivity index (χ4n) is 2.11. The SMILES string of the molecule is CC1=C[C@@H](C(N)=O)N2C[C@@H]1N(OC(F)(F)C(=O)[O-])C2=O.[Li+]. The summed E-state index contributed by atoms with van der Waals surface area (Å²) in [7, 11) is 0. The van der Waals surface area contributed by atoms with Crippen molar-refractivity contribution in [3.05, 3.63) is 11.6 Å². The first-order chi connectivity index (χ1) is 9.15. The molecule has 21 heavy (non-hydrogen) atoms. The number of primary amides is 1. The monoisotopic (exact) mass is 297 g/mol. The van der Waals surface area contributed by atoms with Gasteiger partial charge in [0.05, 0.1) is 6.54 Å². The van der Waals surface area contributed by atoms with Crippen molar-refractivity contribution in [2.75, 3.05) is 6.54 Å². The first kappa shape index (κ1) is 17.4. The van der Waals surface area contributed by atoms with Gasteiger partial charge in [0.15, 0.2) is 0 Å². The van der Waals surface area contributed by atoms with Gasteiger partial charge in [-0.2, -0.15) is 18.7 Å². The molecule has 0 aromatic heterocycles. The number of carboxylic acids is 1. The number of halogens is 2. The Morgan fingerprint density at radius 2 is 2.10 bits per heavy atom. The molecule has 0 unspecified atom stereocenters. The van der Waals surface area contributed by atoms with Crippen LogP contribution in [0, 0.1) is 0 Å². The predicted molar refractivity (Wildman–Crippen MR) is 55.5 cm³/mol. The number of carbonyl (C=O) groups excluding carboxylic acids is 3. The van der Waals surface area contributed by atoms with E-state index < -0.39 is 36.1 Å². The Balaban J connectivity index is 0.00000220. The van der Waals surface area contributed by atoms with Gasteiger partial charge in [-0.1, -0.05) is 6.08 Å². The van der Waals surface area contributed by atoms with Crippen molar-refractivity contribution < 1.29 is 52.0 Å². The van der Waals surface area contributed by atoms with Crippen molar-refractivity contribution in [3.63, 3.8) is 0 Å². The molecule has 11 heteroatoms. The van der Waals surface area contributed by atoms with Crippen molar-refractivity contribution in [1.29, 1.82) is 0 Å². The summed E-state index contributed by atoms with van der Waals surface area (Å²) in [5, 5.41) is 10.5. The maximum Gasteiger partial charge on any atom is 1.00 e. The van der Waals surface area contributed by atoms with E-state index in [2.05, 4.69) is 4.84 Å². The van der Waals surface area contributed by atoms with Crippen LogP contribution in [-0.2, 0) is 14.4 Å². The number of hydrogen-bond donors (Lipinski definition) is 1. The molecule has 2 aliphatic rings. The van der Waals surface area contributed by atoms with E-state index in [1.165, 1.54) is 13.0 Å². The third-order valence-electron chi connectivity index (χ3n) is 3.11. The van der Waals surface area contributed by atoms with E-state index >= 15 is 0 Å². The second-order valence-electron chi connectivity index (χ2n) is 4.43. The van der Waals surface area contributed by atoms with Crippen molar-refractivity contribution >= 4 is 17.9 Å². The molecule has 2 N–H and O–H groups in total. The minimum Gasteiger partial charge on any atom is -0.542 e. The van der Waals surface area contributed by atoms with E-state index in [9.17, 15) is 28.3 Å². The van der Waals surface area contributed by atoms with Crippen LogP contribution < -0.4 is 29.7 Å².